The first kappa shape index (κ1) is 22.9. The predicted molar refractivity (Wildman–Crippen MR) is 117 cm³/mol. The number of ether oxygens (including phenoxy) is 1. The van der Waals surface area contributed by atoms with Crippen molar-refractivity contribution in [3.63, 3.8) is 0 Å². The lowest BCUT2D eigenvalue weighted by Gasteiger charge is -2.25. The molecule has 0 aliphatic carbocycles. The Kier molecular flexibility index (Phi) is 6.17. The van der Waals surface area contributed by atoms with E-state index < -0.39 is 43.8 Å². The van der Waals surface area contributed by atoms with E-state index in [4.69, 9.17) is 16.3 Å². The molecule has 0 saturated carbocycles. The molecule has 2 aliphatic heterocycles. The molecule has 170 valence electrons. The van der Waals surface area contributed by atoms with Crippen LogP contribution in [0.25, 0.3) is 0 Å². The molecule has 2 atom stereocenters. The quantitative estimate of drug-likeness (QED) is 0.625. The zero-order chi connectivity index (χ0) is 23.1. The molecule has 32 heavy (non-hydrogen) atoms. The smallest absolute Gasteiger partial charge is 0.417 e. The molecule has 0 unspecified atom stereocenters. The number of halogens is 4. The van der Waals surface area contributed by atoms with Crippen molar-refractivity contribution in [1.29, 1.82) is 0 Å². The summed E-state index contributed by atoms with van der Waals surface area (Å²) in [6.45, 7) is -0.371. The molecule has 0 aromatic heterocycles. The van der Waals surface area contributed by atoms with Crippen molar-refractivity contribution in [2.24, 2.45) is 4.99 Å². The van der Waals surface area contributed by atoms with E-state index in [-0.39, 0.29) is 29.0 Å². The number of para-hydroxylation sites is 1. The zero-order valence-electron chi connectivity index (χ0n) is 16.3. The van der Waals surface area contributed by atoms with Gasteiger partial charge in [0.25, 0.3) is 5.91 Å². The number of nitrogens with zero attached hydrogens (tertiary/aromatic N) is 2. The Hall–Kier alpha value is -2.24. The van der Waals surface area contributed by atoms with Crippen LogP contribution in [0, 0.1) is 0 Å². The van der Waals surface area contributed by atoms with E-state index >= 15 is 0 Å². The van der Waals surface area contributed by atoms with Crippen LogP contribution in [0.1, 0.15) is 5.56 Å². The van der Waals surface area contributed by atoms with E-state index in [1.165, 1.54) is 11.0 Å². The third-order valence-corrected chi connectivity index (χ3v) is 8.47. The van der Waals surface area contributed by atoms with Crippen LogP contribution < -0.4 is 9.64 Å². The van der Waals surface area contributed by atoms with Gasteiger partial charge in [0.1, 0.15) is 5.75 Å². The lowest BCUT2D eigenvalue weighted by molar-refractivity contribution is -0.137. The number of amidine groups is 1. The number of hydrogen-bond donors (Lipinski definition) is 0. The fourth-order valence-electron chi connectivity index (χ4n) is 3.55. The van der Waals surface area contributed by atoms with Crippen LogP contribution in [0.15, 0.2) is 53.5 Å². The van der Waals surface area contributed by atoms with Crippen molar-refractivity contribution < 1.29 is 31.1 Å². The van der Waals surface area contributed by atoms with Gasteiger partial charge in [-0.25, -0.2) is 8.42 Å². The summed E-state index contributed by atoms with van der Waals surface area (Å²) in [5.74, 6) is -0.573. The molecule has 2 heterocycles. The van der Waals surface area contributed by atoms with Crippen molar-refractivity contribution in [3.8, 4) is 5.75 Å². The highest BCUT2D eigenvalue weighted by Gasteiger charge is 2.49. The maximum atomic E-state index is 13.4. The van der Waals surface area contributed by atoms with Gasteiger partial charge in [-0.05, 0) is 30.3 Å². The number of thioether (sulfide) groups is 1. The minimum Gasteiger partial charge on any atom is -0.484 e. The summed E-state index contributed by atoms with van der Waals surface area (Å²) >= 11 is 6.78. The number of hydrogen-bond acceptors (Lipinski definition) is 5. The second-order valence-electron chi connectivity index (χ2n) is 7.22. The second-order valence-corrected chi connectivity index (χ2v) is 11.0. The van der Waals surface area contributed by atoms with Crippen LogP contribution >= 0.6 is 23.4 Å². The molecule has 0 spiro atoms. The molecule has 6 nitrogen and oxygen atoms in total. The average Bonchev–Trinajstić information content (AvgIpc) is 3.17. The van der Waals surface area contributed by atoms with Gasteiger partial charge in [0.15, 0.2) is 21.6 Å². The zero-order valence-corrected chi connectivity index (χ0v) is 18.6. The number of benzene rings is 2. The molecule has 0 radical (unpaired) electrons. The summed E-state index contributed by atoms with van der Waals surface area (Å²) in [4.78, 5) is 17.8. The lowest BCUT2D eigenvalue weighted by Crippen LogP contribution is -2.38. The Morgan fingerprint density at radius 1 is 1.19 bits per heavy atom. The molecule has 12 heteroatoms. The minimum atomic E-state index is -4.70. The van der Waals surface area contributed by atoms with Crippen molar-refractivity contribution >= 4 is 50.0 Å². The fraction of sp³-hybridized carbons (Fsp3) is 0.300. The molecule has 2 saturated heterocycles. The largest absolute Gasteiger partial charge is 0.484 e. The molecule has 0 N–H and O–H groups in total. The van der Waals surface area contributed by atoms with Crippen molar-refractivity contribution in [1.82, 2.24) is 0 Å². The highest BCUT2D eigenvalue weighted by Crippen LogP contribution is 2.43. The number of alkyl halides is 3. The number of sulfone groups is 1. The number of amides is 1. The molecular weight excluding hydrogens is 489 g/mol. The summed E-state index contributed by atoms with van der Waals surface area (Å²) in [5.41, 5.74) is -0.988. The number of rotatable bonds is 4. The van der Waals surface area contributed by atoms with Gasteiger partial charge < -0.3 is 9.64 Å². The van der Waals surface area contributed by atoms with Crippen molar-refractivity contribution in [3.05, 3.63) is 59.1 Å². The summed E-state index contributed by atoms with van der Waals surface area (Å²) in [6.07, 6.45) is -4.70. The Morgan fingerprint density at radius 3 is 2.59 bits per heavy atom. The molecule has 4 rings (SSSR count). The number of anilines is 1. The summed E-state index contributed by atoms with van der Waals surface area (Å²) in [7, 11) is -3.37. The number of carbonyl (C=O) groups is 1. The van der Waals surface area contributed by atoms with Gasteiger partial charge in [-0.2, -0.15) is 18.2 Å². The van der Waals surface area contributed by atoms with Crippen LogP contribution in [0.4, 0.5) is 18.9 Å². The minimum absolute atomic E-state index is 0.0642. The molecule has 2 aromatic rings. The predicted octanol–water partition coefficient (Wildman–Crippen LogP) is 4.04. The van der Waals surface area contributed by atoms with E-state index in [0.717, 1.165) is 23.9 Å². The Morgan fingerprint density at radius 2 is 1.91 bits per heavy atom. The van der Waals surface area contributed by atoms with Gasteiger partial charge in [-0.1, -0.05) is 41.6 Å². The highest BCUT2D eigenvalue weighted by molar-refractivity contribution is 8.16. The second kappa shape index (κ2) is 8.60. The average molecular weight is 505 g/mol. The first-order valence-corrected chi connectivity index (χ1v) is 12.4. The van der Waals surface area contributed by atoms with Crippen molar-refractivity contribution in [2.45, 2.75) is 17.5 Å². The van der Waals surface area contributed by atoms with Crippen LogP contribution in [-0.4, -0.2) is 48.9 Å². The maximum Gasteiger partial charge on any atom is 0.417 e. The molecule has 0 bridgehead atoms. The van der Waals surface area contributed by atoms with Crippen LogP contribution in [-0.2, 0) is 20.8 Å². The lowest BCUT2D eigenvalue weighted by atomic mass is 10.1. The third-order valence-electron chi connectivity index (χ3n) is 4.93. The van der Waals surface area contributed by atoms with E-state index in [2.05, 4.69) is 4.99 Å². The van der Waals surface area contributed by atoms with Gasteiger partial charge in [-0.3, -0.25) is 4.79 Å². The van der Waals surface area contributed by atoms with Crippen molar-refractivity contribution in [2.75, 3.05) is 23.0 Å². The topological polar surface area (TPSA) is 76.0 Å². The summed E-state index contributed by atoms with van der Waals surface area (Å²) in [5, 5.41) is -0.798. The van der Waals surface area contributed by atoms with Crippen LogP contribution in [0.2, 0.25) is 5.02 Å². The highest BCUT2D eigenvalue weighted by atomic mass is 35.5. The maximum absolute atomic E-state index is 13.4. The van der Waals surface area contributed by atoms with E-state index in [1.807, 2.05) is 0 Å². The van der Waals surface area contributed by atoms with Crippen LogP contribution in [0.3, 0.4) is 0 Å². The van der Waals surface area contributed by atoms with Gasteiger partial charge in [0.2, 0.25) is 0 Å². The number of fused-ring (bicyclic) bond motifs is 1. The Bertz CT molecular complexity index is 1170. The van der Waals surface area contributed by atoms with E-state index in [9.17, 15) is 26.4 Å². The van der Waals surface area contributed by atoms with Gasteiger partial charge in [-0.15, -0.1) is 0 Å². The third kappa shape index (κ3) is 4.89. The Labute approximate surface area is 191 Å². The molecule has 2 aromatic carbocycles. The summed E-state index contributed by atoms with van der Waals surface area (Å²) < 4.78 is 69.7. The van der Waals surface area contributed by atoms with E-state index in [0.29, 0.717) is 5.75 Å². The SMILES string of the molecule is O=C(COc1ccccc1)N=C1S[C@H]2CS(=O)(=O)C[C@H]2N1c1ccc(Cl)c(C(F)(F)F)c1. The molecule has 2 aliphatic rings. The summed E-state index contributed by atoms with van der Waals surface area (Å²) in [6, 6.07) is 11.2. The molecule has 1 amide bonds. The van der Waals surface area contributed by atoms with Gasteiger partial charge in [0, 0.05) is 10.9 Å². The fourth-order valence-corrected chi connectivity index (χ4v) is 7.70. The monoisotopic (exact) mass is 504 g/mol. The number of aliphatic imine (C=N–C) groups is 1. The Balaban J connectivity index is 1.65. The van der Waals surface area contributed by atoms with Gasteiger partial charge in [0.05, 0.1) is 28.1 Å². The molecule has 2 fully saturated rings. The van der Waals surface area contributed by atoms with Gasteiger partial charge >= 0.3 is 6.18 Å². The van der Waals surface area contributed by atoms with E-state index in [1.54, 1.807) is 30.3 Å². The van der Waals surface area contributed by atoms with Crippen LogP contribution in [0.5, 0.6) is 5.75 Å². The normalized spacial score (nSPS) is 23.4. The first-order chi connectivity index (χ1) is 15.0. The number of carbonyl (C=O) groups excluding carboxylic acids is 1. The standard InChI is InChI=1S/C20H16ClF3N2O4S2/c21-15-7-6-12(8-14(15)20(22,23)24)26-16-10-32(28,29)11-17(16)31-19(26)25-18(27)9-30-13-4-2-1-3-5-13/h1-8,16-17H,9-11H2/t16-,17+/m1/s1. The first-order valence-electron chi connectivity index (χ1n) is 9.36. The molecular formula is C20H16ClF3N2O4S2.